The quantitative estimate of drug-likeness (QED) is 0.729. The molecule has 1 unspecified atom stereocenters. The summed E-state index contributed by atoms with van der Waals surface area (Å²) in [6.45, 7) is 0.791. The summed E-state index contributed by atoms with van der Waals surface area (Å²) < 4.78 is 3.41. The second-order valence-corrected chi connectivity index (χ2v) is 6.86. The molecule has 0 radical (unpaired) electrons. The molecular formula is C17H18N2OS. The van der Waals surface area contributed by atoms with Crippen molar-refractivity contribution in [1.82, 2.24) is 9.55 Å². The molecule has 21 heavy (non-hydrogen) atoms. The van der Waals surface area contributed by atoms with Crippen LogP contribution >= 0.6 is 11.3 Å². The summed E-state index contributed by atoms with van der Waals surface area (Å²) in [5.41, 5.74) is 3.50. The minimum Gasteiger partial charge on any atom is -0.388 e. The highest BCUT2D eigenvalue weighted by molar-refractivity contribution is 7.18. The first-order valence-corrected chi connectivity index (χ1v) is 8.32. The highest BCUT2D eigenvalue weighted by Crippen LogP contribution is 2.30. The van der Waals surface area contributed by atoms with Crippen molar-refractivity contribution in [3.63, 3.8) is 0 Å². The van der Waals surface area contributed by atoms with Crippen molar-refractivity contribution in [1.29, 1.82) is 0 Å². The highest BCUT2D eigenvalue weighted by atomic mass is 32.1. The number of rotatable bonds is 2. The second kappa shape index (κ2) is 5.28. The smallest absolute Gasteiger partial charge is 0.114 e. The van der Waals surface area contributed by atoms with Crippen molar-refractivity contribution >= 4 is 21.6 Å². The van der Waals surface area contributed by atoms with Gasteiger partial charge in [0.15, 0.2) is 0 Å². The SMILES string of the molecule is OC1CCCCc2cn(Cc3nc4ccccc4s3)cc21. The lowest BCUT2D eigenvalue weighted by molar-refractivity contribution is 0.166. The Balaban J connectivity index is 1.64. The minimum atomic E-state index is -0.292. The number of aliphatic hydroxyl groups is 1. The molecule has 3 aromatic rings. The Hall–Kier alpha value is -1.65. The highest BCUT2D eigenvalue weighted by Gasteiger charge is 2.18. The Kier molecular flexibility index (Phi) is 3.28. The van der Waals surface area contributed by atoms with Crippen LogP contribution < -0.4 is 0 Å². The van der Waals surface area contributed by atoms with Crippen LogP contribution in [0.5, 0.6) is 0 Å². The van der Waals surface area contributed by atoms with E-state index in [1.807, 2.05) is 6.07 Å². The van der Waals surface area contributed by atoms with Crippen LogP contribution in [0.4, 0.5) is 0 Å². The molecule has 0 amide bonds. The summed E-state index contributed by atoms with van der Waals surface area (Å²) in [4.78, 5) is 4.69. The maximum Gasteiger partial charge on any atom is 0.114 e. The van der Waals surface area contributed by atoms with E-state index in [2.05, 4.69) is 40.1 Å². The third kappa shape index (κ3) is 2.49. The van der Waals surface area contributed by atoms with E-state index in [0.29, 0.717) is 0 Å². The van der Waals surface area contributed by atoms with Crippen molar-refractivity contribution in [2.75, 3.05) is 0 Å². The molecule has 0 bridgehead atoms. The first kappa shape index (κ1) is 13.0. The van der Waals surface area contributed by atoms with E-state index in [0.717, 1.165) is 41.9 Å². The monoisotopic (exact) mass is 298 g/mol. The third-order valence-corrected chi connectivity index (χ3v) is 5.21. The van der Waals surface area contributed by atoms with Gasteiger partial charge < -0.3 is 9.67 Å². The number of thiazole rings is 1. The Morgan fingerprint density at radius 2 is 2.14 bits per heavy atom. The minimum absolute atomic E-state index is 0.292. The molecule has 2 aromatic heterocycles. The average Bonchev–Trinajstić information content (AvgIpc) is 3.02. The summed E-state index contributed by atoms with van der Waals surface area (Å²) in [5, 5.41) is 11.3. The molecule has 3 nitrogen and oxygen atoms in total. The Labute approximate surface area is 127 Å². The van der Waals surface area contributed by atoms with E-state index in [1.54, 1.807) is 11.3 Å². The first-order valence-electron chi connectivity index (χ1n) is 7.51. The molecule has 1 atom stereocenters. The van der Waals surface area contributed by atoms with Gasteiger partial charge in [0.2, 0.25) is 0 Å². The molecule has 4 rings (SSSR count). The molecule has 108 valence electrons. The Morgan fingerprint density at radius 1 is 1.24 bits per heavy atom. The van der Waals surface area contributed by atoms with Gasteiger partial charge in [-0.25, -0.2) is 4.98 Å². The molecule has 1 N–H and O–H groups in total. The van der Waals surface area contributed by atoms with Crippen molar-refractivity contribution in [2.45, 2.75) is 38.3 Å². The zero-order chi connectivity index (χ0) is 14.2. The van der Waals surface area contributed by atoms with Gasteiger partial charge in [0.25, 0.3) is 0 Å². The fraction of sp³-hybridized carbons (Fsp3) is 0.353. The summed E-state index contributed by atoms with van der Waals surface area (Å²) in [6.07, 6.45) is 8.27. The largest absolute Gasteiger partial charge is 0.388 e. The lowest BCUT2D eigenvalue weighted by Crippen LogP contribution is -1.97. The van der Waals surface area contributed by atoms with Crippen LogP contribution in [0.3, 0.4) is 0 Å². The fourth-order valence-electron chi connectivity index (χ4n) is 3.13. The maximum atomic E-state index is 10.2. The number of benzene rings is 1. The Morgan fingerprint density at radius 3 is 3.05 bits per heavy atom. The second-order valence-electron chi connectivity index (χ2n) is 5.75. The third-order valence-electron chi connectivity index (χ3n) is 4.19. The van der Waals surface area contributed by atoms with E-state index >= 15 is 0 Å². The van der Waals surface area contributed by atoms with Crippen LogP contribution in [0, 0.1) is 0 Å². The molecule has 2 heterocycles. The topological polar surface area (TPSA) is 38.0 Å². The molecule has 1 aromatic carbocycles. The van der Waals surface area contributed by atoms with Crippen LogP contribution in [0.2, 0.25) is 0 Å². The van der Waals surface area contributed by atoms with Gasteiger partial charge in [0, 0.05) is 18.0 Å². The van der Waals surface area contributed by atoms with E-state index in [4.69, 9.17) is 0 Å². The molecular weight excluding hydrogens is 280 g/mol. The lowest BCUT2D eigenvalue weighted by Gasteiger charge is -2.06. The molecule has 0 aliphatic heterocycles. The van der Waals surface area contributed by atoms with Gasteiger partial charge in [0.05, 0.1) is 22.9 Å². The molecule has 1 aliphatic carbocycles. The van der Waals surface area contributed by atoms with Gasteiger partial charge in [-0.15, -0.1) is 11.3 Å². The van der Waals surface area contributed by atoms with Crippen molar-refractivity contribution < 1.29 is 5.11 Å². The fourth-order valence-corrected chi connectivity index (χ4v) is 4.10. The van der Waals surface area contributed by atoms with Gasteiger partial charge in [-0.2, -0.15) is 0 Å². The van der Waals surface area contributed by atoms with Gasteiger partial charge in [0.1, 0.15) is 5.01 Å². The summed E-state index contributed by atoms with van der Waals surface area (Å²) >= 11 is 1.75. The predicted molar refractivity (Wildman–Crippen MR) is 85.7 cm³/mol. The number of fused-ring (bicyclic) bond motifs is 2. The van der Waals surface area contributed by atoms with Gasteiger partial charge in [-0.3, -0.25) is 0 Å². The number of hydrogen-bond donors (Lipinski definition) is 1. The molecule has 1 aliphatic rings. The molecule has 0 saturated carbocycles. The lowest BCUT2D eigenvalue weighted by atomic mass is 10.1. The molecule has 0 fully saturated rings. The molecule has 0 spiro atoms. The normalized spacial score (nSPS) is 18.6. The standard InChI is InChI=1S/C17H18N2OS/c20-15-7-3-1-5-12-9-19(10-13(12)15)11-17-18-14-6-2-4-8-16(14)21-17/h2,4,6,8-10,15,20H,1,3,5,7,11H2. The number of hydrogen-bond acceptors (Lipinski definition) is 3. The summed E-state index contributed by atoms with van der Waals surface area (Å²) in [6, 6.07) is 8.26. The first-order chi connectivity index (χ1) is 10.3. The zero-order valence-corrected chi connectivity index (χ0v) is 12.6. The number of nitrogens with zero attached hydrogens (tertiary/aromatic N) is 2. The van der Waals surface area contributed by atoms with Gasteiger partial charge >= 0.3 is 0 Å². The van der Waals surface area contributed by atoms with Gasteiger partial charge in [-0.05, 0) is 37.0 Å². The maximum absolute atomic E-state index is 10.2. The van der Waals surface area contributed by atoms with Crippen LogP contribution in [0.15, 0.2) is 36.7 Å². The van der Waals surface area contributed by atoms with Crippen LogP contribution in [-0.2, 0) is 13.0 Å². The zero-order valence-electron chi connectivity index (χ0n) is 11.8. The van der Waals surface area contributed by atoms with E-state index < -0.39 is 0 Å². The van der Waals surface area contributed by atoms with E-state index in [1.165, 1.54) is 16.7 Å². The van der Waals surface area contributed by atoms with Gasteiger partial charge in [-0.1, -0.05) is 18.6 Å². The summed E-state index contributed by atoms with van der Waals surface area (Å²) in [7, 11) is 0. The Bertz CT molecular complexity index is 741. The van der Waals surface area contributed by atoms with Crippen LogP contribution in [0.25, 0.3) is 10.2 Å². The predicted octanol–water partition coefficient (Wildman–Crippen LogP) is 3.91. The average molecular weight is 298 g/mol. The molecule has 0 saturated heterocycles. The van der Waals surface area contributed by atoms with E-state index in [-0.39, 0.29) is 6.10 Å². The van der Waals surface area contributed by atoms with Crippen molar-refractivity contribution in [3.8, 4) is 0 Å². The molecule has 4 heteroatoms. The van der Waals surface area contributed by atoms with E-state index in [9.17, 15) is 5.11 Å². The van der Waals surface area contributed by atoms with Crippen molar-refractivity contribution in [3.05, 3.63) is 52.8 Å². The van der Waals surface area contributed by atoms with Crippen molar-refractivity contribution in [2.24, 2.45) is 0 Å². The van der Waals surface area contributed by atoms with Crippen LogP contribution in [0.1, 0.15) is 41.5 Å². The number of aliphatic hydroxyl groups excluding tert-OH is 1. The van der Waals surface area contributed by atoms with Crippen LogP contribution in [-0.4, -0.2) is 14.7 Å². The number of aromatic nitrogens is 2. The summed E-state index contributed by atoms with van der Waals surface area (Å²) in [5.74, 6) is 0. The number of aryl methyl sites for hydroxylation is 1. The number of para-hydroxylation sites is 1.